The molecule has 47 heavy (non-hydrogen) atoms. The van der Waals surface area contributed by atoms with E-state index in [1.165, 1.54) is 42.1 Å². The predicted molar refractivity (Wildman–Crippen MR) is 166 cm³/mol. The number of hydrogen-bond acceptors (Lipinski definition) is 10. The number of rotatable bonds is 8. The number of halogens is 3. The molecule has 0 aliphatic rings. The van der Waals surface area contributed by atoms with E-state index in [1.807, 2.05) is 18.4 Å². The third-order valence-corrected chi connectivity index (χ3v) is 6.39. The highest BCUT2D eigenvalue weighted by atomic mass is 32.2. The number of nitro benzene ring substituents is 2. The minimum absolute atomic E-state index is 0.0877. The molecule has 0 unspecified atom stereocenters. The largest absolute Gasteiger partial charge is 0.573 e. The minimum atomic E-state index is -4.94. The highest BCUT2D eigenvalue weighted by molar-refractivity contribution is 7.98. The Labute approximate surface area is 266 Å². The average molecular weight is 677 g/mol. The number of nitrogens with one attached hydrogen (secondary N) is 4. The number of carbonyl (C=O) groups is 2. The molecule has 0 aliphatic heterocycles. The van der Waals surface area contributed by atoms with Gasteiger partial charge in [-0.1, -0.05) is 24.3 Å². The number of anilines is 4. The number of para-hydroxylation sites is 3. The number of phenols is 2. The van der Waals surface area contributed by atoms with Gasteiger partial charge in [0.2, 0.25) is 0 Å². The fourth-order valence-electron chi connectivity index (χ4n) is 3.56. The number of nitrogens with zero attached hydrogens (tertiary/aromatic N) is 2. The lowest BCUT2D eigenvalue weighted by Gasteiger charge is -2.14. The Balaban J connectivity index is 0.000000257. The summed E-state index contributed by atoms with van der Waals surface area (Å²) in [4.78, 5) is 44.5. The number of nitro groups is 2. The normalized spacial score (nSPS) is 10.5. The summed E-state index contributed by atoms with van der Waals surface area (Å²) >= 11 is 1.49. The Morgan fingerprint density at radius 1 is 0.702 bits per heavy atom. The molecule has 0 atom stereocenters. The van der Waals surface area contributed by atoms with Gasteiger partial charge in [-0.15, -0.1) is 24.9 Å². The van der Waals surface area contributed by atoms with Crippen LogP contribution in [0.3, 0.4) is 0 Å². The van der Waals surface area contributed by atoms with Crippen LogP contribution in [0.4, 0.5) is 56.9 Å². The Bertz CT molecular complexity index is 1790. The lowest BCUT2D eigenvalue weighted by atomic mass is 10.2. The van der Waals surface area contributed by atoms with Crippen molar-refractivity contribution in [1.29, 1.82) is 0 Å². The van der Waals surface area contributed by atoms with E-state index >= 15 is 0 Å². The molecule has 246 valence electrons. The van der Waals surface area contributed by atoms with Crippen molar-refractivity contribution in [1.82, 2.24) is 0 Å². The van der Waals surface area contributed by atoms with Gasteiger partial charge in [0.25, 0.3) is 11.4 Å². The van der Waals surface area contributed by atoms with Crippen LogP contribution < -0.4 is 26.0 Å². The molecule has 15 nitrogen and oxygen atoms in total. The fraction of sp³-hybridized carbons (Fsp3) is 0.0714. The molecule has 4 aromatic rings. The highest BCUT2D eigenvalue weighted by Crippen LogP contribution is 2.32. The van der Waals surface area contributed by atoms with Gasteiger partial charge in [0.1, 0.15) is 11.5 Å². The molecule has 6 N–H and O–H groups in total. The summed E-state index contributed by atoms with van der Waals surface area (Å²) in [5.74, 6) is -1.58. The summed E-state index contributed by atoms with van der Waals surface area (Å²) < 4.78 is 40.8. The molecule has 0 heterocycles. The number of alkyl halides is 3. The molecule has 0 saturated heterocycles. The topological polar surface area (TPSA) is 218 Å². The lowest BCUT2D eigenvalue weighted by Crippen LogP contribution is -2.22. The monoisotopic (exact) mass is 676 g/mol. The predicted octanol–water partition coefficient (Wildman–Crippen LogP) is 7.51. The fourth-order valence-corrected chi connectivity index (χ4v) is 4.12. The second-order valence-electron chi connectivity index (χ2n) is 8.82. The quantitative estimate of drug-likeness (QED) is 0.0467. The van der Waals surface area contributed by atoms with E-state index in [0.29, 0.717) is 5.69 Å². The lowest BCUT2D eigenvalue weighted by molar-refractivity contribution is -0.385. The van der Waals surface area contributed by atoms with Crippen LogP contribution in [0, 0.1) is 20.2 Å². The van der Waals surface area contributed by atoms with Gasteiger partial charge in [-0.05, 0) is 42.7 Å². The number of thioether (sulfide) groups is 1. The van der Waals surface area contributed by atoms with E-state index < -0.39 is 45.5 Å². The van der Waals surface area contributed by atoms with Crippen LogP contribution in [-0.2, 0) is 0 Å². The maximum Gasteiger partial charge on any atom is 0.573 e. The van der Waals surface area contributed by atoms with E-state index in [0.717, 1.165) is 35.2 Å². The number of hydrogen-bond donors (Lipinski definition) is 6. The minimum Gasteiger partial charge on any atom is -0.506 e. The summed E-state index contributed by atoms with van der Waals surface area (Å²) in [6.45, 7) is 0. The summed E-state index contributed by atoms with van der Waals surface area (Å²) in [5.41, 5.74) is -0.363. The van der Waals surface area contributed by atoms with Crippen LogP contribution in [-0.4, -0.2) is 44.7 Å². The van der Waals surface area contributed by atoms with Crippen molar-refractivity contribution in [2.45, 2.75) is 11.3 Å². The summed E-state index contributed by atoms with van der Waals surface area (Å²) in [6.07, 6.45) is -3.05. The second kappa shape index (κ2) is 15.7. The van der Waals surface area contributed by atoms with Gasteiger partial charge in [0.15, 0.2) is 5.75 Å². The molecule has 4 amide bonds. The number of aromatic hydroxyl groups is 2. The van der Waals surface area contributed by atoms with Gasteiger partial charge in [-0.3, -0.25) is 20.2 Å². The zero-order valence-corrected chi connectivity index (χ0v) is 24.6. The van der Waals surface area contributed by atoms with Gasteiger partial charge < -0.3 is 36.2 Å². The standard InChI is InChI=1S/C14H10F3N3O5.C14H13N3O4S/c15-14(16,17)25-12-4-2-1-3-10(12)19-13(22)18-9-6-5-8(20(23)24)7-11(9)21;1-22-13-5-3-2-4-11(13)16-14(19)15-10-7-6-9(17(20)21)8-12(10)18/h1-7,21H,(H2,18,19,22);2-8,18H,1H3,(H2,15,16,19). The number of non-ortho nitro benzene ring substituents is 2. The van der Waals surface area contributed by atoms with Crippen molar-refractivity contribution >= 4 is 57.9 Å². The van der Waals surface area contributed by atoms with E-state index in [1.54, 1.807) is 12.1 Å². The molecule has 0 radical (unpaired) electrons. The van der Waals surface area contributed by atoms with Crippen LogP contribution in [0.2, 0.25) is 0 Å². The molecule has 0 aromatic heterocycles. The van der Waals surface area contributed by atoms with Crippen LogP contribution in [0.5, 0.6) is 17.2 Å². The van der Waals surface area contributed by atoms with E-state index in [2.05, 4.69) is 26.0 Å². The molecular formula is C28H23F3N6O9S. The summed E-state index contributed by atoms with van der Waals surface area (Å²) in [6, 6.07) is 17.0. The third kappa shape index (κ3) is 10.7. The molecule has 0 fully saturated rings. The Morgan fingerprint density at radius 2 is 1.13 bits per heavy atom. The first-order chi connectivity index (χ1) is 22.2. The van der Waals surface area contributed by atoms with Crippen molar-refractivity contribution < 1.29 is 47.6 Å². The molecule has 4 aromatic carbocycles. The first kappa shape index (κ1) is 35.2. The van der Waals surface area contributed by atoms with Crippen molar-refractivity contribution in [3.63, 3.8) is 0 Å². The number of urea groups is 2. The van der Waals surface area contributed by atoms with Crippen LogP contribution in [0.15, 0.2) is 89.8 Å². The zero-order chi connectivity index (χ0) is 34.7. The van der Waals surface area contributed by atoms with Crippen molar-refractivity contribution in [2.24, 2.45) is 0 Å². The maximum absolute atomic E-state index is 12.3. The molecule has 0 spiro atoms. The third-order valence-electron chi connectivity index (χ3n) is 5.60. The number of carbonyl (C=O) groups excluding carboxylic acids is 2. The maximum atomic E-state index is 12.3. The Kier molecular flexibility index (Phi) is 11.7. The Hall–Kier alpha value is -6.24. The average Bonchev–Trinajstić information content (AvgIpc) is 3.00. The second-order valence-corrected chi connectivity index (χ2v) is 9.67. The molecular weight excluding hydrogens is 653 g/mol. The van der Waals surface area contributed by atoms with E-state index in [-0.39, 0.29) is 28.5 Å². The van der Waals surface area contributed by atoms with Gasteiger partial charge in [-0.25, -0.2) is 9.59 Å². The highest BCUT2D eigenvalue weighted by Gasteiger charge is 2.32. The van der Waals surface area contributed by atoms with Crippen molar-refractivity contribution in [3.8, 4) is 17.2 Å². The van der Waals surface area contributed by atoms with Gasteiger partial charge in [0, 0.05) is 17.0 Å². The van der Waals surface area contributed by atoms with Gasteiger partial charge in [0.05, 0.1) is 44.7 Å². The molecule has 19 heteroatoms. The SMILES string of the molecule is CSc1ccccc1NC(=O)Nc1ccc([N+](=O)[O-])cc1O.O=C(Nc1ccc([N+](=O)[O-])cc1O)Nc1ccccc1OC(F)(F)F. The smallest absolute Gasteiger partial charge is 0.506 e. The first-order valence-electron chi connectivity index (χ1n) is 12.8. The summed E-state index contributed by atoms with van der Waals surface area (Å²) in [7, 11) is 0. The molecule has 4 rings (SSSR count). The number of benzene rings is 4. The van der Waals surface area contributed by atoms with Crippen molar-refractivity contribution in [3.05, 3.63) is 105 Å². The van der Waals surface area contributed by atoms with Crippen LogP contribution in [0.25, 0.3) is 0 Å². The Morgan fingerprint density at radius 3 is 1.57 bits per heavy atom. The van der Waals surface area contributed by atoms with Crippen LogP contribution in [0.1, 0.15) is 0 Å². The molecule has 0 aliphatic carbocycles. The number of phenolic OH excluding ortho intramolecular Hbond substituents is 2. The van der Waals surface area contributed by atoms with Gasteiger partial charge >= 0.3 is 18.4 Å². The molecule has 0 bridgehead atoms. The number of ether oxygens (including phenoxy) is 1. The molecule has 0 saturated carbocycles. The van der Waals surface area contributed by atoms with E-state index in [9.17, 15) is 53.2 Å². The van der Waals surface area contributed by atoms with Crippen molar-refractivity contribution in [2.75, 3.05) is 27.5 Å². The number of amides is 4. The first-order valence-corrected chi connectivity index (χ1v) is 14.0. The van der Waals surface area contributed by atoms with Crippen LogP contribution >= 0.6 is 11.8 Å². The summed E-state index contributed by atoms with van der Waals surface area (Å²) in [5, 5.41) is 49.9. The van der Waals surface area contributed by atoms with E-state index in [4.69, 9.17) is 0 Å². The van der Waals surface area contributed by atoms with Gasteiger partial charge in [-0.2, -0.15) is 0 Å². The zero-order valence-electron chi connectivity index (χ0n) is 23.8.